The van der Waals surface area contributed by atoms with Gasteiger partial charge in [0.05, 0.1) is 12.9 Å². The number of nitrogens with one attached hydrogen (secondary N) is 1. The summed E-state index contributed by atoms with van der Waals surface area (Å²) >= 11 is 3.05. The molecule has 2 heterocycles. The van der Waals surface area contributed by atoms with E-state index in [9.17, 15) is 4.79 Å². The van der Waals surface area contributed by atoms with E-state index in [0.717, 1.165) is 33.7 Å². The number of methoxy groups -OCH3 is 1. The molecule has 0 fully saturated rings. The van der Waals surface area contributed by atoms with Crippen LogP contribution in [0.2, 0.25) is 0 Å². The Labute approximate surface area is 205 Å². The van der Waals surface area contributed by atoms with Gasteiger partial charge in [0.25, 0.3) is 0 Å². The van der Waals surface area contributed by atoms with Gasteiger partial charge in [-0.05, 0) is 47.2 Å². The second kappa shape index (κ2) is 10.1. The number of hydrogen-bond donors (Lipinski definition) is 1. The molecule has 0 saturated carbocycles. The van der Waals surface area contributed by atoms with Crippen LogP contribution >= 0.6 is 23.1 Å². The highest BCUT2D eigenvalue weighted by atomic mass is 32.2. The lowest BCUT2D eigenvalue weighted by atomic mass is 10.1. The number of aromatic nitrogens is 3. The molecule has 3 aromatic carbocycles. The molecule has 0 radical (unpaired) electrons. The minimum Gasteiger partial charge on any atom is -0.497 e. The lowest BCUT2D eigenvalue weighted by Gasteiger charge is -2.11. The van der Waals surface area contributed by atoms with E-state index >= 15 is 0 Å². The van der Waals surface area contributed by atoms with E-state index in [1.54, 1.807) is 18.4 Å². The summed E-state index contributed by atoms with van der Waals surface area (Å²) in [6.45, 7) is 0. The molecule has 6 nitrogen and oxygen atoms in total. The van der Waals surface area contributed by atoms with E-state index in [1.165, 1.54) is 16.6 Å². The Bertz CT molecular complexity index is 1410. The molecule has 170 valence electrons. The number of rotatable bonds is 8. The second-order valence-corrected chi connectivity index (χ2v) is 9.53. The average Bonchev–Trinajstić information content (AvgIpc) is 3.53. The summed E-state index contributed by atoms with van der Waals surface area (Å²) in [7, 11) is 1.64. The van der Waals surface area contributed by atoms with Crippen molar-refractivity contribution in [3.8, 4) is 11.4 Å². The van der Waals surface area contributed by atoms with Crippen LogP contribution in [0.15, 0.2) is 89.4 Å². The minimum atomic E-state index is -0.0922. The van der Waals surface area contributed by atoms with Crippen LogP contribution in [-0.2, 0) is 11.2 Å². The number of nitrogens with zero attached hydrogens (tertiary/aromatic N) is 3. The molecule has 0 saturated heterocycles. The third-order valence-corrected chi connectivity index (χ3v) is 7.14. The van der Waals surface area contributed by atoms with Crippen molar-refractivity contribution in [3.63, 3.8) is 0 Å². The Morgan fingerprint density at radius 1 is 1.00 bits per heavy atom. The largest absolute Gasteiger partial charge is 0.497 e. The van der Waals surface area contributed by atoms with Gasteiger partial charge in [-0.1, -0.05) is 54.2 Å². The molecule has 2 aromatic heterocycles. The smallest absolute Gasteiger partial charge is 0.234 e. The van der Waals surface area contributed by atoms with Crippen molar-refractivity contribution < 1.29 is 9.53 Å². The van der Waals surface area contributed by atoms with E-state index in [-0.39, 0.29) is 11.7 Å². The summed E-state index contributed by atoms with van der Waals surface area (Å²) in [4.78, 5) is 14.0. The first-order valence-electron chi connectivity index (χ1n) is 10.7. The third-order valence-electron chi connectivity index (χ3n) is 5.34. The fraction of sp³-hybridized carbons (Fsp3) is 0.115. The first-order chi connectivity index (χ1) is 16.7. The molecule has 1 N–H and O–H groups in total. The molecule has 0 spiro atoms. The van der Waals surface area contributed by atoms with Gasteiger partial charge >= 0.3 is 0 Å². The van der Waals surface area contributed by atoms with Crippen LogP contribution in [0.4, 0.5) is 5.69 Å². The molecule has 5 rings (SSSR count). The number of carbonyl (C=O) groups excluding carboxylic acids is 1. The van der Waals surface area contributed by atoms with E-state index in [2.05, 4.69) is 27.0 Å². The quantitative estimate of drug-likeness (QED) is 0.280. The number of fused-ring (bicyclic) bond motifs is 1. The maximum atomic E-state index is 12.8. The van der Waals surface area contributed by atoms with Crippen LogP contribution in [-0.4, -0.2) is 33.5 Å². The summed E-state index contributed by atoms with van der Waals surface area (Å²) in [5, 5.41) is 16.7. The van der Waals surface area contributed by atoms with Gasteiger partial charge in [-0.15, -0.1) is 21.5 Å². The number of carbonyl (C=O) groups is 1. The van der Waals surface area contributed by atoms with Crippen molar-refractivity contribution in [1.29, 1.82) is 0 Å². The van der Waals surface area contributed by atoms with Gasteiger partial charge in [-0.25, -0.2) is 0 Å². The van der Waals surface area contributed by atoms with Crippen LogP contribution in [0.1, 0.15) is 10.7 Å². The predicted molar refractivity (Wildman–Crippen MR) is 138 cm³/mol. The molecule has 8 heteroatoms. The first kappa shape index (κ1) is 22.2. The van der Waals surface area contributed by atoms with Crippen LogP contribution in [0.5, 0.6) is 5.75 Å². The molecular formula is C26H22N4O2S2. The summed E-state index contributed by atoms with van der Waals surface area (Å²) in [6, 6.07) is 25.8. The van der Waals surface area contributed by atoms with Crippen molar-refractivity contribution in [2.45, 2.75) is 11.6 Å². The van der Waals surface area contributed by atoms with Gasteiger partial charge in [0.2, 0.25) is 5.91 Å². The number of ether oxygens (including phenoxy) is 1. The number of hydrogen-bond acceptors (Lipinski definition) is 6. The molecule has 5 aromatic rings. The van der Waals surface area contributed by atoms with Crippen molar-refractivity contribution >= 4 is 45.5 Å². The molecule has 34 heavy (non-hydrogen) atoms. The van der Waals surface area contributed by atoms with E-state index < -0.39 is 0 Å². The van der Waals surface area contributed by atoms with Gasteiger partial charge in [0.1, 0.15) is 11.6 Å². The minimum absolute atomic E-state index is 0.0922. The van der Waals surface area contributed by atoms with Gasteiger partial charge in [-0.3, -0.25) is 9.36 Å². The predicted octanol–water partition coefficient (Wildman–Crippen LogP) is 5.81. The zero-order valence-electron chi connectivity index (χ0n) is 18.5. The monoisotopic (exact) mass is 486 g/mol. The van der Waals surface area contributed by atoms with Crippen molar-refractivity contribution in [1.82, 2.24) is 14.8 Å². The standard InChI is InChI=1S/C26H22N4O2S2/c1-32-20-13-11-19(12-14-20)30-24(16-21-8-5-15-33-21)28-29-26(30)34-17-25(31)27-23-10-4-7-18-6-2-3-9-22(18)23/h2-15H,16-17H2,1H3,(H,27,31). The van der Waals surface area contributed by atoms with E-state index in [0.29, 0.717) is 11.6 Å². The Hall–Kier alpha value is -3.62. The molecule has 0 aliphatic carbocycles. The Morgan fingerprint density at radius 2 is 1.82 bits per heavy atom. The fourth-order valence-corrected chi connectivity index (χ4v) is 5.19. The number of benzene rings is 3. The summed E-state index contributed by atoms with van der Waals surface area (Å²) in [6.07, 6.45) is 0.666. The molecule has 0 aliphatic heterocycles. The molecular weight excluding hydrogens is 464 g/mol. The maximum Gasteiger partial charge on any atom is 0.234 e. The molecule has 0 aliphatic rings. The zero-order chi connectivity index (χ0) is 23.3. The van der Waals surface area contributed by atoms with Gasteiger partial charge in [0, 0.05) is 28.1 Å². The third kappa shape index (κ3) is 4.83. The number of anilines is 1. The van der Waals surface area contributed by atoms with E-state index in [4.69, 9.17) is 4.74 Å². The molecule has 1 amide bonds. The number of thioether (sulfide) groups is 1. The number of amides is 1. The fourth-order valence-electron chi connectivity index (χ4n) is 3.72. The first-order valence-corrected chi connectivity index (χ1v) is 12.6. The maximum absolute atomic E-state index is 12.8. The van der Waals surface area contributed by atoms with Crippen molar-refractivity contribution in [2.75, 3.05) is 18.2 Å². The summed E-state index contributed by atoms with van der Waals surface area (Å²) < 4.78 is 7.31. The topological polar surface area (TPSA) is 69.0 Å². The lowest BCUT2D eigenvalue weighted by Crippen LogP contribution is -2.15. The molecule has 0 unspecified atom stereocenters. The Kier molecular flexibility index (Phi) is 6.60. The molecule has 0 bridgehead atoms. The van der Waals surface area contributed by atoms with Crippen LogP contribution in [0.25, 0.3) is 16.5 Å². The summed E-state index contributed by atoms with van der Waals surface area (Å²) in [5.74, 6) is 1.73. The summed E-state index contributed by atoms with van der Waals surface area (Å²) in [5.41, 5.74) is 1.73. The Balaban J connectivity index is 1.37. The highest BCUT2D eigenvalue weighted by molar-refractivity contribution is 7.99. The van der Waals surface area contributed by atoms with E-state index in [1.807, 2.05) is 77.4 Å². The SMILES string of the molecule is COc1ccc(-n2c(Cc3cccs3)nnc2SCC(=O)Nc2cccc3ccccc23)cc1. The lowest BCUT2D eigenvalue weighted by molar-refractivity contribution is -0.113. The zero-order valence-corrected chi connectivity index (χ0v) is 20.1. The van der Waals surface area contributed by atoms with Gasteiger partial charge in [-0.2, -0.15) is 0 Å². The van der Waals surface area contributed by atoms with Gasteiger partial charge < -0.3 is 10.1 Å². The second-order valence-electron chi connectivity index (χ2n) is 7.55. The van der Waals surface area contributed by atoms with Crippen LogP contribution < -0.4 is 10.1 Å². The van der Waals surface area contributed by atoms with Crippen LogP contribution in [0, 0.1) is 0 Å². The number of thiophene rings is 1. The normalized spacial score (nSPS) is 11.0. The average molecular weight is 487 g/mol. The Morgan fingerprint density at radius 3 is 2.62 bits per heavy atom. The molecule has 0 atom stereocenters. The van der Waals surface area contributed by atoms with Crippen LogP contribution in [0.3, 0.4) is 0 Å². The highest BCUT2D eigenvalue weighted by Gasteiger charge is 2.17. The van der Waals surface area contributed by atoms with Gasteiger partial charge in [0.15, 0.2) is 5.16 Å². The highest BCUT2D eigenvalue weighted by Crippen LogP contribution is 2.27. The van der Waals surface area contributed by atoms with Crippen molar-refractivity contribution in [2.24, 2.45) is 0 Å². The van der Waals surface area contributed by atoms with Crippen molar-refractivity contribution in [3.05, 3.63) is 94.9 Å².